The van der Waals surface area contributed by atoms with Gasteiger partial charge in [0.25, 0.3) is 0 Å². The van der Waals surface area contributed by atoms with Crippen molar-refractivity contribution in [2.75, 3.05) is 39.0 Å². The van der Waals surface area contributed by atoms with Gasteiger partial charge in [0.2, 0.25) is 0 Å². The molecular weight excluding hydrogens is 526 g/mol. The van der Waals surface area contributed by atoms with Crippen molar-refractivity contribution in [1.29, 1.82) is 0 Å². The first-order valence-corrected chi connectivity index (χ1v) is 13.0. The molecule has 0 bridgehead atoms. The van der Waals surface area contributed by atoms with E-state index >= 15 is 0 Å². The van der Waals surface area contributed by atoms with Crippen LogP contribution in [-0.2, 0) is 0 Å². The van der Waals surface area contributed by atoms with Gasteiger partial charge in [-0.05, 0) is 14.1 Å². The Bertz CT molecular complexity index is 1220. The maximum atomic E-state index is 13.1. The average Bonchev–Trinajstić information content (AvgIpc) is 2.80. The first kappa shape index (κ1) is 25.0. The van der Waals surface area contributed by atoms with E-state index in [1.54, 1.807) is 24.3 Å². The van der Waals surface area contributed by atoms with Gasteiger partial charge in [-0.25, -0.2) is 0 Å². The molecule has 4 rings (SSSR count). The Kier molecular flexibility index (Phi) is 7.35. The molecule has 35 heavy (non-hydrogen) atoms. The van der Waals surface area contributed by atoms with Gasteiger partial charge >= 0.3 is 193 Å². The summed E-state index contributed by atoms with van der Waals surface area (Å²) in [5, 5.41) is 5.66. The van der Waals surface area contributed by atoms with Gasteiger partial charge in [0, 0.05) is 0 Å². The number of likely N-dealkylation sites (N-methyl/N-ethyl adjacent to an activating group) is 1. The summed E-state index contributed by atoms with van der Waals surface area (Å²) in [5.74, 6) is -0.801. The van der Waals surface area contributed by atoms with Gasteiger partial charge in [-0.1, -0.05) is 0 Å². The molecule has 1 heterocycles. The first-order valence-electron chi connectivity index (χ1n) is 10.9. The van der Waals surface area contributed by atoms with Crippen molar-refractivity contribution >= 4 is 47.7 Å². The van der Waals surface area contributed by atoms with Crippen LogP contribution in [0.15, 0.2) is 54.6 Å². The van der Waals surface area contributed by atoms with E-state index in [4.69, 9.17) is 0 Å². The van der Waals surface area contributed by atoms with Crippen molar-refractivity contribution in [2.45, 2.75) is 11.7 Å². The molecule has 0 saturated carbocycles. The molecule has 1 aliphatic heterocycles. The number of ether oxygens (including phenoxy) is 1. The number of alkyl halides is 3. The number of imide groups is 1. The van der Waals surface area contributed by atoms with Crippen LogP contribution in [0.1, 0.15) is 20.7 Å². The second-order valence-electron chi connectivity index (χ2n) is 8.25. The Morgan fingerprint density at radius 3 is 2.31 bits per heavy atom. The molecular formula is C25H24F3N3O3Se. The molecule has 3 aromatic rings. The second kappa shape index (κ2) is 10.3. The zero-order valence-corrected chi connectivity index (χ0v) is 20.9. The normalized spacial score (nSPS) is 13.6. The van der Waals surface area contributed by atoms with Crippen molar-refractivity contribution in [1.82, 2.24) is 9.80 Å². The fourth-order valence-corrected chi connectivity index (χ4v) is 5.51. The molecule has 0 radical (unpaired) electrons. The Hall–Kier alpha value is -3.07. The van der Waals surface area contributed by atoms with E-state index in [9.17, 15) is 22.8 Å². The third kappa shape index (κ3) is 5.78. The molecule has 0 unspecified atom stereocenters. The van der Waals surface area contributed by atoms with Crippen LogP contribution in [-0.4, -0.2) is 76.7 Å². The molecule has 3 aromatic carbocycles. The molecule has 0 spiro atoms. The number of nitrogens with zero attached hydrogens (tertiary/aromatic N) is 2. The minimum absolute atomic E-state index is 0.0506. The molecule has 6 nitrogen and oxygen atoms in total. The SMILES string of the molecule is CN(C)CCN1C(=O)c2cccc3c(NCC[Se]c4ccc(OC(F)(F)F)cc4)ccc(c23)C1=O. The third-order valence-electron chi connectivity index (χ3n) is 5.51. The standard InChI is InChI=1S/C25H24F3N3O3Se/c1-30(2)13-14-31-23(32)19-5-3-4-18-21(11-10-20(22(18)19)24(31)33)29-12-15-35-17-8-6-16(7-9-17)34-25(26,27)28/h3-11,29H,12-15H2,1-2H3. The van der Waals surface area contributed by atoms with Crippen molar-refractivity contribution in [3.63, 3.8) is 0 Å². The van der Waals surface area contributed by atoms with E-state index < -0.39 is 6.36 Å². The second-order valence-corrected chi connectivity index (χ2v) is 10.7. The minimum atomic E-state index is -4.70. The number of hydrogen-bond acceptors (Lipinski definition) is 5. The Morgan fingerprint density at radius 2 is 1.66 bits per heavy atom. The van der Waals surface area contributed by atoms with Crippen LogP contribution in [0.5, 0.6) is 5.75 Å². The molecule has 10 heteroatoms. The van der Waals surface area contributed by atoms with E-state index in [1.807, 2.05) is 37.2 Å². The van der Waals surface area contributed by atoms with Gasteiger partial charge in [-0.2, -0.15) is 0 Å². The van der Waals surface area contributed by atoms with E-state index in [-0.39, 0.29) is 32.5 Å². The predicted octanol–water partition coefficient (Wildman–Crippen LogP) is 3.76. The number of halogens is 3. The van der Waals surface area contributed by atoms with Gasteiger partial charge in [-0.15, -0.1) is 0 Å². The van der Waals surface area contributed by atoms with Crippen LogP contribution in [0.3, 0.4) is 0 Å². The summed E-state index contributed by atoms with van der Waals surface area (Å²) in [6.07, 6.45) is -4.70. The molecule has 1 aliphatic rings. The summed E-state index contributed by atoms with van der Waals surface area (Å²) < 4.78 is 41.7. The summed E-state index contributed by atoms with van der Waals surface area (Å²) in [7, 11) is 3.79. The van der Waals surface area contributed by atoms with Crippen LogP contribution in [0.2, 0.25) is 5.32 Å². The molecule has 0 saturated heterocycles. The summed E-state index contributed by atoms with van der Waals surface area (Å²) >= 11 is 0.0506. The number of anilines is 1. The first-order chi connectivity index (χ1) is 16.6. The third-order valence-corrected chi connectivity index (χ3v) is 7.63. The predicted molar refractivity (Wildman–Crippen MR) is 130 cm³/mol. The molecule has 2 amide bonds. The van der Waals surface area contributed by atoms with E-state index in [0.29, 0.717) is 36.1 Å². The van der Waals surface area contributed by atoms with Gasteiger partial charge < -0.3 is 0 Å². The topological polar surface area (TPSA) is 61.9 Å². The van der Waals surface area contributed by atoms with Gasteiger partial charge in [0.1, 0.15) is 0 Å². The average molecular weight is 550 g/mol. The quantitative estimate of drug-likeness (QED) is 0.250. The van der Waals surface area contributed by atoms with Crippen molar-refractivity contribution in [3.05, 3.63) is 65.7 Å². The number of nitrogens with one attached hydrogen (secondary N) is 1. The Balaban J connectivity index is 1.43. The van der Waals surface area contributed by atoms with Crippen LogP contribution >= 0.6 is 0 Å². The van der Waals surface area contributed by atoms with E-state index in [2.05, 4.69) is 10.1 Å². The van der Waals surface area contributed by atoms with E-state index in [0.717, 1.165) is 20.9 Å². The van der Waals surface area contributed by atoms with E-state index in [1.165, 1.54) is 17.0 Å². The fourth-order valence-electron chi connectivity index (χ4n) is 3.90. The zero-order chi connectivity index (χ0) is 25.2. The Morgan fingerprint density at radius 1 is 0.971 bits per heavy atom. The van der Waals surface area contributed by atoms with Gasteiger partial charge in [-0.3, -0.25) is 0 Å². The number of benzene rings is 3. The molecule has 0 aromatic heterocycles. The van der Waals surface area contributed by atoms with Crippen LogP contribution in [0.25, 0.3) is 10.8 Å². The van der Waals surface area contributed by atoms with Gasteiger partial charge in [0.05, 0.1) is 0 Å². The number of hydrogen-bond donors (Lipinski definition) is 1. The Labute approximate surface area is 207 Å². The van der Waals surface area contributed by atoms with Crippen LogP contribution < -0.4 is 14.5 Å². The summed E-state index contributed by atoms with van der Waals surface area (Å²) in [4.78, 5) is 29.3. The number of carbonyl (C=O) groups is 2. The van der Waals surface area contributed by atoms with Crippen molar-refractivity contribution in [3.8, 4) is 5.75 Å². The number of carbonyl (C=O) groups excluding carboxylic acids is 2. The monoisotopic (exact) mass is 551 g/mol. The maximum absolute atomic E-state index is 13.1. The molecule has 0 aliphatic carbocycles. The fraction of sp³-hybridized carbons (Fsp3) is 0.280. The molecule has 184 valence electrons. The van der Waals surface area contributed by atoms with Gasteiger partial charge in [0.15, 0.2) is 0 Å². The molecule has 0 atom stereocenters. The summed E-state index contributed by atoms with van der Waals surface area (Å²) in [6, 6.07) is 15.0. The molecule has 1 N–H and O–H groups in total. The number of rotatable bonds is 9. The number of amides is 2. The van der Waals surface area contributed by atoms with Crippen LogP contribution in [0.4, 0.5) is 18.9 Å². The van der Waals surface area contributed by atoms with Crippen molar-refractivity contribution in [2.24, 2.45) is 0 Å². The zero-order valence-electron chi connectivity index (χ0n) is 19.2. The summed E-state index contributed by atoms with van der Waals surface area (Å²) in [5.41, 5.74) is 1.87. The van der Waals surface area contributed by atoms with Crippen molar-refractivity contribution < 1.29 is 27.5 Å². The molecule has 0 fully saturated rings. The van der Waals surface area contributed by atoms with Crippen LogP contribution in [0, 0.1) is 0 Å². The summed E-state index contributed by atoms with van der Waals surface area (Å²) in [6.45, 7) is 1.55.